The lowest BCUT2D eigenvalue weighted by Crippen LogP contribution is -2.51. The van der Waals surface area contributed by atoms with E-state index in [1.807, 2.05) is 24.3 Å². The fraction of sp³-hybridized carbons (Fsp3) is 0.524. The molecule has 0 atom stereocenters. The molecule has 1 spiro atoms. The number of carbonyl (C=O) groups is 4. The van der Waals surface area contributed by atoms with E-state index in [-0.39, 0.29) is 18.7 Å². The smallest absolute Gasteiger partial charge is 0.322 e. The molecule has 1 aromatic carbocycles. The average molecular weight is 431 g/mol. The van der Waals surface area contributed by atoms with Crippen LogP contribution in [-0.4, -0.2) is 46.6 Å². The molecule has 0 bridgehead atoms. The van der Waals surface area contributed by atoms with Crippen LogP contribution in [0.3, 0.4) is 0 Å². The highest BCUT2D eigenvalue weighted by atomic mass is 32.2. The number of carbonyl (C=O) groups excluding carboxylic acids is 4. The lowest BCUT2D eigenvalue weighted by atomic mass is 9.77. The van der Waals surface area contributed by atoms with Crippen LogP contribution in [0.2, 0.25) is 0 Å². The number of hydrazine groups is 1. The summed E-state index contributed by atoms with van der Waals surface area (Å²) in [4.78, 5) is 52.9. The van der Waals surface area contributed by atoms with Crippen LogP contribution in [-0.2, 0) is 14.4 Å². The molecule has 0 aromatic heterocycles. The van der Waals surface area contributed by atoms with E-state index < -0.39 is 23.4 Å². The van der Waals surface area contributed by atoms with Gasteiger partial charge >= 0.3 is 6.03 Å². The standard InChI is InChI=1S/C21H26N4O4S/c1-14-8-10-21(11-9-14)19(28)25(20(29)22-21)23-17(26)6-7-18(27)24-12-13-30-16-5-3-2-4-15(16)24/h2-5,14H,6-13H2,1H3,(H,22,29)(H,23,26). The van der Waals surface area contributed by atoms with Gasteiger partial charge in [0.1, 0.15) is 5.54 Å². The normalized spacial score (nSPS) is 25.8. The van der Waals surface area contributed by atoms with Gasteiger partial charge in [0.2, 0.25) is 11.8 Å². The summed E-state index contributed by atoms with van der Waals surface area (Å²) in [6, 6.07) is 7.10. The molecule has 1 saturated heterocycles. The van der Waals surface area contributed by atoms with E-state index in [2.05, 4.69) is 17.7 Å². The molecule has 1 aliphatic carbocycles. The second-order valence-corrected chi connectivity index (χ2v) is 9.37. The number of urea groups is 1. The molecule has 0 radical (unpaired) electrons. The van der Waals surface area contributed by atoms with Gasteiger partial charge in [-0.15, -0.1) is 11.8 Å². The summed E-state index contributed by atoms with van der Waals surface area (Å²) in [7, 11) is 0. The molecule has 3 aliphatic rings. The molecule has 160 valence electrons. The van der Waals surface area contributed by atoms with Gasteiger partial charge in [-0.05, 0) is 43.7 Å². The first kappa shape index (κ1) is 20.7. The minimum atomic E-state index is -0.901. The van der Waals surface area contributed by atoms with Crippen molar-refractivity contribution in [3.8, 4) is 0 Å². The first-order valence-corrected chi connectivity index (χ1v) is 11.4. The molecular formula is C21H26N4O4S. The van der Waals surface area contributed by atoms with Gasteiger partial charge in [0.15, 0.2) is 0 Å². The average Bonchev–Trinajstić information content (AvgIpc) is 2.98. The van der Waals surface area contributed by atoms with E-state index in [1.54, 1.807) is 16.7 Å². The van der Waals surface area contributed by atoms with Crippen molar-refractivity contribution in [3.63, 3.8) is 0 Å². The summed E-state index contributed by atoms with van der Waals surface area (Å²) >= 11 is 1.70. The maximum atomic E-state index is 12.8. The number of hydrogen-bond acceptors (Lipinski definition) is 5. The van der Waals surface area contributed by atoms with Gasteiger partial charge in [-0.1, -0.05) is 19.1 Å². The molecule has 1 saturated carbocycles. The van der Waals surface area contributed by atoms with Gasteiger partial charge in [-0.25, -0.2) is 4.79 Å². The third kappa shape index (κ3) is 3.90. The predicted octanol–water partition coefficient (Wildman–Crippen LogP) is 2.44. The number of thioether (sulfide) groups is 1. The number of rotatable bonds is 4. The lowest BCUT2D eigenvalue weighted by molar-refractivity contribution is -0.140. The van der Waals surface area contributed by atoms with E-state index in [0.29, 0.717) is 25.3 Å². The van der Waals surface area contributed by atoms with Gasteiger partial charge < -0.3 is 10.2 Å². The zero-order valence-corrected chi connectivity index (χ0v) is 17.8. The highest BCUT2D eigenvalue weighted by molar-refractivity contribution is 7.99. The van der Waals surface area contributed by atoms with E-state index >= 15 is 0 Å². The Morgan fingerprint density at radius 1 is 1.20 bits per heavy atom. The highest BCUT2D eigenvalue weighted by Gasteiger charge is 2.52. The first-order valence-electron chi connectivity index (χ1n) is 10.4. The van der Waals surface area contributed by atoms with E-state index in [4.69, 9.17) is 0 Å². The summed E-state index contributed by atoms with van der Waals surface area (Å²) in [6.45, 7) is 2.72. The molecule has 2 aliphatic heterocycles. The number of hydrogen-bond donors (Lipinski definition) is 2. The third-order valence-corrected chi connectivity index (χ3v) is 7.16. The van der Waals surface area contributed by atoms with Crippen molar-refractivity contribution in [1.82, 2.24) is 15.8 Å². The second kappa shape index (κ2) is 8.29. The molecule has 30 heavy (non-hydrogen) atoms. The molecule has 1 aromatic rings. The fourth-order valence-electron chi connectivity index (χ4n) is 4.28. The van der Waals surface area contributed by atoms with E-state index in [9.17, 15) is 19.2 Å². The zero-order valence-electron chi connectivity index (χ0n) is 17.0. The molecule has 0 unspecified atom stereocenters. The first-order chi connectivity index (χ1) is 14.4. The summed E-state index contributed by atoms with van der Waals surface area (Å²) in [5, 5.41) is 3.56. The van der Waals surface area contributed by atoms with Crippen LogP contribution in [0.25, 0.3) is 0 Å². The number of fused-ring (bicyclic) bond motifs is 1. The summed E-state index contributed by atoms with van der Waals surface area (Å²) in [5.41, 5.74) is 2.36. The maximum Gasteiger partial charge on any atom is 0.344 e. The molecule has 2 heterocycles. The minimum absolute atomic E-state index is 0.0111. The maximum absolute atomic E-state index is 12.8. The Balaban J connectivity index is 1.33. The number of benzene rings is 1. The summed E-state index contributed by atoms with van der Waals surface area (Å²) in [5.74, 6) is 0.257. The molecular weight excluding hydrogens is 404 g/mol. The van der Waals surface area contributed by atoms with Crippen LogP contribution in [0, 0.1) is 5.92 Å². The van der Waals surface area contributed by atoms with Crippen molar-refractivity contribution < 1.29 is 19.2 Å². The Morgan fingerprint density at radius 2 is 1.93 bits per heavy atom. The van der Waals surface area contributed by atoms with E-state index in [1.165, 1.54) is 0 Å². The van der Waals surface area contributed by atoms with Crippen molar-refractivity contribution in [1.29, 1.82) is 0 Å². The van der Waals surface area contributed by atoms with Crippen LogP contribution in [0.5, 0.6) is 0 Å². The number of anilines is 1. The van der Waals surface area contributed by atoms with Crippen LogP contribution in [0.15, 0.2) is 29.2 Å². The highest BCUT2D eigenvalue weighted by Crippen LogP contribution is 2.36. The van der Waals surface area contributed by atoms with Crippen molar-refractivity contribution in [2.45, 2.75) is 55.9 Å². The SMILES string of the molecule is CC1CCC2(CC1)NC(=O)N(NC(=O)CCC(=O)N1CCSc3ccccc31)C2=O. The van der Waals surface area contributed by atoms with E-state index in [0.717, 1.165) is 34.2 Å². The molecule has 8 nitrogen and oxygen atoms in total. The Labute approximate surface area is 179 Å². The number of para-hydroxylation sites is 1. The third-order valence-electron chi connectivity index (χ3n) is 6.12. The Bertz CT molecular complexity index is 882. The Morgan fingerprint density at radius 3 is 2.70 bits per heavy atom. The molecule has 2 fully saturated rings. The van der Waals surface area contributed by atoms with Crippen LogP contribution < -0.4 is 15.6 Å². The number of nitrogens with one attached hydrogen (secondary N) is 2. The summed E-state index contributed by atoms with van der Waals surface area (Å²) < 4.78 is 0. The molecule has 2 N–H and O–H groups in total. The van der Waals surface area contributed by atoms with Gasteiger partial charge in [0.05, 0.1) is 5.69 Å². The Hall–Kier alpha value is -2.55. The number of amides is 5. The second-order valence-electron chi connectivity index (χ2n) is 8.23. The quantitative estimate of drug-likeness (QED) is 0.715. The van der Waals surface area contributed by atoms with Crippen LogP contribution in [0.4, 0.5) is 10.5 Å². The zero-order chi connectivity index (χ0) is 21.3. The lowest BCUT2D eigenvalue weighted by Gasteiger charge is -2.33. The fourth-order valence-corrected chi connectivity index (χ4v) is 5.27. The van der Waals surface area contributed by atoms with Crippen LogP contribution >= 0.6 is 11.8 Å². The van der Waals surface area contributed by atoms with Gasteiger partial charge in [-0.3, -0.25) is 19.8 Å². The molecule has 4 rings (SSSR count). The largest absolute Gasteiger partial charge is 0.344 e. The topological polar surface area (TPSA) is 98.8 Å². The predicted molar refractivity (Wildman–Crippen MR) is 113 cm³/mol. The minimum Gasteiger partial charge on any atom is -0.322 e. The van der Waals surface area contributed by atoms with Gasteiger partial charge in [0, 0.05) is 30.0 Å². The van der Waals surface area contributed by atoms with Gasteiger partial charge in [-0.2, -0.15) is 5.01 Å². The molecule has 9 heteroatoms. The van der Waals surface area contributed by atoms with Crippen molar-refractivity contribution in [3.05, 3.63) is 24.3 Å². The van der Waals surface area contributed by atoms with Crippen LogP contribution in [0.1, 0.15) is 45.4 Å². The van der Waals surface area contributed by atoms with Crippen molar-refractivity contribution in [2.24, 2.45) is 5.92 Å². The number of nitrogens with zero attached hydrogens (tertiary/aromatic N) is 2. The van der Waals surface area contributed by atoms with Gasteiger partial charge in [0.25, 0.3) is 5.91 Å². The summed E-state index contributed by atoms with van der Waals surface area (Å²) in [6.07, 6.45) is 2.80. The molecule has 5 amide bonds. The Kier molecular flexibility index (Phi) is 5.73. The number of imide groups is 1. The van der Waals surface area contributed by atoms with Crippen molar-refractivity contribution in [2.75, 3.05) is 17.2 Å². The monoisotopic (exact) mass is 430 g/mol. The van der Waals surface area contributed by atoms with Crippen molar-refractivity contribution >= 4 is 41.2 Å².